The molecule has 0 saturated carbocycles. The van der Waals surface area contributed by atoms with Gasteiger partial charge in [0.05, 0.1) is 6.20 Å². The summed E-state index contributed by atoms with van der Waals surface area (Å²) < 4.78 is 0. The van der Waals surface area contributed by atoms with Crippen molar-refractivity contribution in [3.63, 3.8) is 0 Å². The standard InChI is InChI=1S/C7H5N3S/c1-2-11-4-6(1)7-3-8-5-9-10-7/h1-5H. The number of nitrogens with zero attached hydrogens (tertiary/aromatic N) is 3. The van der Waals surface area contributed by atoms with Crippen molar-refractivity contribution < 1.29 is 0 Å². The minimum atomic E-state index is 0.828. The summed E-state index contributed by atoms with van der Waals surface area (Å²) in [5.41, 5.74) is 1.91. The van der Waals surface area contributed by atoms with Gasteiger partial charge in [-0.3, -0.25) is 0 Å². The van der Waals surface area contributed by atoms with E-state index in [1.54, 1.807) is 17.5 Å². The van der Waals surface area contributed by atoms with Crippen LogP contribution < -0.4 is 0 Å². The van der Waals surface area contributed by atoms with Crippen molar-refractivity contribution in [3.05, 3.63) is 29.4 Å². The van der Waals surface area contributed by atoms with Crippen molar-refractivity contribution in [2.45, 2.75) is 0 Å². The first kappa shape index (κ1) is 6.42. The van der Waals surface area contributed by atoms with Gasteiger partial charge in [0.25, 0.3) is 0 Å². The highest BCUT2D eigenvalue weighted by Crippen LogP contribution is 2.17. The topological polar surface area (TPSA) is 38.7 Å². The fourth-order valence-corrected chi connectivity index (χ4v) is 1.44. The van der Waals surface area contributed by atoms with Crippen molar-refractivity contribution in [1.29, 1.82) is 0 Å². The van der Waals surface area contributed by atoms with Gasteiger partial charge in [0.1, 0.15) is 12.0 Å². The predicted molar refractivity (Wildman–Crippen MR) is 43.1 cm³/mol. The Morgan fingerprint density at radius 3 is 3.00 bits per heavy atom. The molecule has 0 fully saturated rings. The first-order valence-electron chi connectivity index (χ1n) is 3.12. The molecular formula is C7H5N3S. The van der Waals surface area contributed by atoms with Gasteiger partial charge in [0, 0.05) is 10.9 Å². The molecule has 54 valence electrons. The molecule has 11 heavy (non-hydrogen) atoms. The predicted octanol–water partition coefficient (Wildman–Crippen LogP) is 1.60. The van der Waals surface area contributed by atoms with E-state index in [1.807, 2.05) is 16.8 Å². The third-order valence-corrected chi connectivity index (χ3v) is 1.98. The highest BCUT2D eigenvalue weighted by molar-refractivity contribution is 7.08. The molecule has 0 unspecified atom stereocenters. The van der Waals surface area contributed by atoms with Crippen LogP contribution in [-0.4, -0.2) is 15.2 Å². The summed E-state index contributed by atoms with van der Waals surface area (Å²) in [5, 5.41) is 11.6. The minimum absolute atomic E-state index is 0.828. The van der Waals surface area contributed by atoms with Gasteiger partial charge in [-0.2, -0.15) is 11.3 Å². The zero-order chi connectivity index (χ0) is 7.52. The molecule has 0 aliphatic rings. The molecule has 0 bridgehead atoms. The summed E-state index contributed by atoms with van der Waals surface area (Å²) in [6.07, 6.45) is 3.13. The normalized spacial score (nSPS) is 9.82. The molecule has 0 aliphatic carbocycles. The molecule has 2 rings (SSSR count). The highest BCUT2D eigenvalue weighted by atomic mass is 32.1. The third kappa shape index (κ3) is 1.25. The van der Waals surface area contributed by atoms with Crippen molar-refractivity contribution >= 4 is 11.3 Å². The molecule has 0 aromatic carbocycles. The number of thiophene rings is 1. The molecule has 0 saturated heterocycles. The average molecular weight is 163 g/mol. The summed E-state index contributed by atoms with van der Waals surface area (Å²) >= 11 is 1.64. The molecule has 0 atom stereocenters. The van der Waals surface area contributed by atoms with Crippen LogP contribution in [0.2, 0.25) is 0 Å². The Labute approximate surface area is 67.8 Å². The van der Waals surface area contributed by atoms with Gasteiger partial charge in [-0.15, -0.1) is 10.2 Å². The van der Waals surface area contributed by atoms with Crippen LogP contribution in [0.1, 0.15) is 0 Å². The zero-order valence-corrected chi connectivity index (χ0v) is 6.45. The Morgan fingerprint density at radius 1 is 1.36 bits per heavy atom. The van der Waals surface area contributed by atoms with Crippen molar-refractivity contribution in [2.24, 2.45) is 0 Å². The Hall–Kier alpha value is -1.29. The molecule has 0 amide bonds. The molecular weight excluding hydrogens is 158 g/mol. The van der Waals surface area contributed by atoms with Gasteiger partial charge >= 0.3 is 0 Å². The average Bonchev–Trinajstić information content (AvgIpc) is 2.58. The Kier molecular flexibility index (Phi) is 1.61. The second-order valence-electron chi connectivity index (χ2n) is 2.01. The van der Waals surface area contributed by atoms with Crippen LogP contribution >= 0.6 is 11.3 Å². The van der Waals surface area contributed by atoms with Crippen LogP contribution in [0.25, 0.3) is 11.3 Å². The molecule has 2 heterocycles. The molecule has 0 N–H and O–H groups in total. The van der Waals surface area contributed by atoms with Crippen LogP contribution in [0, 0.1) is 0 Å². The van der Waals surface area contributed by atoms with E-state index in [-0.39, 0.29) is 0 Å². The van der Waals surface area contributed by atoms with Crippen molar-refractivity contribution in [1.82, 2.24) is 15.2 Å². The first-order valence-corrected chi connectivity index (χ1v) is 4.06. The van der Waals surface area contributed by atoms with Gasteiger partial charge < -0.3 is 0 Å². The van der Waals surface area contributed by atoms with E-state index < -0.39 is 0 Å². The van der Waals surface area contributed by atoms with E-state index >= 15 is 0 Å². The minimum Gasteiger partial charge on any atom is -0.241 e. The second-order valence-corrected chi connectivity index (χ2v) is 2.79. The van der Waals surface area contributed by atoms with E-state index in [2.05, 4.69) is 15.2 Å². The van der Waals surface area contributed by atoms with Crippen LogP contribution in [-0.2, 0) is 0 Å². The second kappa shape index (κ2) is 2.75. The lowest BCUT2D eigenvalue weighted by molar-refractivity contribution is 0.977. The molecule has 0 aliphatic heterocycles. The van der Waals surface area contributed by atoms with Crippen LogP contribution in [0.15, 0.2) is 29.4 Å². The summed E-state index contributed by atoms with van der Waals surface area (Å²) in [5.74, 6) is 0. The maximum Gasteiger partial charge on any atom is 0.138 e. The van der Waals surface area contributed by atoms with Crippen LogP contribution in [0.5, 0.6) is 0 Å². The molecule has 2 aromatic rings. The van der Waals surface area contributed by atoms with E-state index in [0.717, 1.165) is 11.3 Å². The Morgan fingerprint density at radius 2 is 2.36 bits per heavy atom. The maximum atomic E-state index is 3.92. The monoisotopic (exact) mass is 163 g/mol. The summed E-state index contributed by atoms with van der Waals surface area (Å²) in [6, 6.07) is 2.00. The number of hydrogen-bond donors (Lipinski definition) is 0. The summed E-state index contributed by atoms with van der Waals surface area (Å²) in [4.78, 5) is 3.87. The van der Waals surface area contributed by atoms with E-state index in [4.69, 9.17) is 0 Å². The lowest BCUT2D eigenvalue weighted by Crippen LogP contribution is -1.85. The Balaban J connectivity index is 2.46. The number of rotatable bonds is 1. The van der Waals surface area contributed by atoms with Gasteiger partial charge in [-0.05, 0) is 11.4 Å². The van der Waals surface area contributed by atoms with Crippen LogP contribution in [0.3, 0.4) is 0 Å². The third-order valence-electron chi connectivity index (χ3n) is 1.30. The molecule has 2 aromatic heterocycles. The van der Waals surface area contributed by atoms with E-state index in [1.165, 1.54) is 6.33 Å². The number of hydrogen-bond acceptors (Lipinski definition) is 4. The van der Waals surface area contributed by atoms with E-state index in [9.17, 15) is 0 Å². The lowest BCUT2D eigenvalue weighted by Gasteiger charge is -1.90. The van der Waals surface area contributed by atoms with Crippen molar-refractivity contribution in [3.8, 4) is 11.3 Å². The summed E-state index contributed by atoms with van der Waals surface area (Å²) in [7, 11) is 0. The molecule has 3 nitrogen and oxygen atoms in total. The van der Waals surface area contributed by atoms with Gasteiger partial charge in [-0.25, -0.2) is 4.98 Å². The van der Waals surface area contributed by atoms with Gasteiger partial charge in [-0.1, -0.05) is 0 Å². The summed E-state index contributed by atoms with van der Waals surface area (Å²) in [6.45, 7) is 0. The molecule has 0 radical (unpaired) electrons. The maximum absolute atomic E-state index is 3.92. The zero-order valence-electron chi connectivity index (χ0n) is 5.64. The van der Waals surface area contributed by atoms with Gasteiger partial charge in [0.15, 0.2) is 0 Å². The first-order chi connectivity index (χ1) is 5.47. The SMILES string of the molecule is c1ncc(-c2ccsc2)nn1. The Bertz CT molecular complexity index is 317. The lowest BCUT2D eigenvalue weighted by atomic mass is 10.3. The smallest absolute Gasteiger partial charge is 0.138 e. The van der Waals surface area contributed by atoms with E-state index in [0.29, 0.717) is 0 Å². The van der Waals surface area contributed by atoms with Crippen LogP contribution in [0.4, 0.5) is 0 Å². The fraction of sp³-hybridized carbons (Fsp3) is 0. The molecule has 4 heteroatoms. The fourth-order valence-electron chi connectivity index (χ4n) is 0.790. The highest BCUT2D eigenvalue weighted by Gasteiger charge is 1.97. The van der Waals surface area contributed by atoms with Gasteiger partial charge in [0.2, 0.25) is 0 Å². The molecule has 0 spiro atoms. The number of aromatic nitrogens is 3. The quantitative estimate of drug-likeness (QED) is 0.641. The van der Waals surface area contributed by atoms with Crippen molar-refractivity contribution in [2.75, 3.05) is 0 Å². The largest absolute Gasteiger partial charge is 0.241 e.